The Balaban J connectivity index is 1.54. The number of hydrogen-bond acceptors (Lipinski definition) is 11. The number of ether oxygens (including phenoxy) is 6. The summed E-state index contributed by atoms with van der Waals surface area (Å²) < 4.78 is 33.5. The van der Waals surface area contributed by atoms with E-state index in [9.17, 15) is 24.0 Å². The summed E-state index contributed by atoms with van der Waals surface area (Å²) in [6, 6.07) is 5.70. The molecule has 2 aromatic rings. The molecule has 0 radical (unpaired) electrons. The van der Waals surface area contributed by atoms with Crippen LogP contribution in [0.3, 0.4) is 0 Å². The van der Waals surface area contributed by atoms with Gasteiger partial charge in [-0.15, -0.1) is 0 Å². The highest BCUT2D eigenvalue weighted by Crippen LogP contribution is 2.37. The SMILES string of the molecule is C=CCOC(=O)Nc1cc(OCCCOc2cc(NC(=O)OCC=C)c(C(=O)N3C=C(/C=C/C)C[C@H]3COC(C)=O)cc2C)c(OC)cc1C(=O)N1C=C(/C=C/C)C[C@H]1CC. The van der Waals surface area contributed by atoms with E-state index in [4.69, 9.17) is 28.4 Å². The van der Waals surface area contributed by atoms with Gasteiger partial charge in [-0.1, -0.05) is 56.5 Å². The van der Waals surface area contributed by atoms with E-state index >= 15 is 0 Å². The highest BCUT2D eigenvalue weighted by molar-refractivity contribution is 6.05. The number of nitrogens with one attached hydrogen (secondary N) is 2. The molecule has 2 N–H and O–H groups in total. The minimum absolute atomic E-state index is 0.00722. The van der Waals surface area contributed by atoms with E-state index in [0.717, 1.165) is 17.6 Å². The highest BCUT2D eigenvalue weighted by atomic mass is 16.6. The third-order valence-corrected chi connectivity index (χ3v) is 9.54. The number of hydrogen-bond donors (Lipinski definition) is 2. The van der Waals surface area contributed by atoms with E-state index in [-0.39, 0.29) is 79.0 Å². The molecule has 0 saturated carbocycles. The normalized spacial score (nSPS) is 15.8. The van der Waals surface area contributed by atoms with Crippen LogP contribution in [-0.4, -0.2) is 92.0 Å². The third kappa shape index (κ3) is 12.9. The number of methoxy groups -OCH3 is 1. The number of allylic oxidation sites excluding steroid dienone is 4. The number of rotatable bonds is 20. The molecule has 2 atom stereocenters. The van der Waals surface area contributed by atoms with E-state index in [1.54, 1.807) is 30.2 Å². The molecule has 15 nitrogen and oxygen atoms in total. The second-order valence-electron chi connectivity index (χ2n) is 14.0. The molecule has 326 valence electrons. The van der Waals surface area contributed by atoms with E-state index in [2.05, 4.69) is 23.8 Å². The zero-order chi connectivity index (χ0) is 44.5. The molecular formula is C46H56N4O11. The Morgan fingerprint density at radius 3 is 1.75 bits per heavy atom. The second kappa shape index (κ2) is 23.1. The van der Waals surface area contributed by atoms with E-state index in [1.165, 1.54) is 43.2 Å². The lowest BCUT2D eigenvalue weighted by Gasteiger charge is -2.25. The number of benzene rings is 2. The van der Waals surface area contributed by atoms with Crippen LogP contribution in [0.15, 0.2) is 97.4 Å². The predicted molar refractivity (Wildman–Crippen MR) is 232 cm³/mol. The summed E-state index contributed by atoms with van der Waals surface area (Å²) in [7, 11) is 1.46. The maximum atomic E-state index is 14.1. The molecule has 0 bridgehead atoms. The lowest BCUT2D eigenvalue weighted by molar-refractivity contribution is -0.142. The van der Waals surface area contributed by atoms with Gasteiger partial charge in [0.25, 0.3) is 11.8 Å². The lowest BCUT2D eigenvalue weighted by atomic mass is 10.1. The Morgan fingerprint density at radius 2 is 1.25 bits per heavy atom. The molecule has 61 heavy (non-hydrogen) atoms. The summed E-state index contributed by atoms with van der Waals surface area (Å²) in [5, 5.41) is 5.33. The van der Waals surface area contributed by atoms with Crippen LogP contribution in [0.4, 0.5) is 21.0 Å². The van der Waals surface area contributed by atoms with Crippen molar-refractivity contribution in [3.8, 4) is 17.2 Å². The zero-order valence-electron chi connectivity index (χ0n) is 35.7. The van der Waals surface area contributed by atoms with Gasteiger partial charge < -0.3 is 38.2 Å². The van der Waals surface area contributed by atoms with Crippen molar-refractivity contribution in [2.45, 2.75) is 72.4 Å². The molecule has 0 unspecified atom stereocenters. The molecule has 0 aromatic heterocycles. The Kier molecular flexibility index (Phi) is 17.8. The average Bonchev–Trinajstić information content (AvgIpc) is 3.85. The van der Waals surface area contributed by atoms with E-state index in [0.29, 0.717) is 30.6 Å². The predicted octanol–water partition coefficient (Wildman–Crippen LogP) is 8.64. The standard InChI is InChI=1S/C46H56N4O11/c1-9-15-32-22-34(13-5)49(27-32)44(53)37-24-41(56-8)42(26-39(37)48-46(55)60-18-12-4)58-20-14-19-57-40-25-38(47-45(54)59-17-11-3)36(21-30(40)6)43(52)50-28-33(16-10-2)23-35(50)29-61-31(7)51/h9-12,15-16,21,24-28,34-35H,3-4,13-14,17-20,22-23,29H2,1-2,5-8H3,(H,47,54)(H,48,55)/b15-9+,16-10+/t34-,35+/m1/s1. The molecule has 2 aliphatic rings. The van der Waals surface area contributed by atoms with Crippen molar-refractivity contribution in [1.82, 2.24) is 9.80 Å². The van der Waals surface area contributed by atoms with Gasteiger partial charge >= 0.3 is 18.2 Å². The summed E-state index contributed by atoms with van der Waals surface area (Å²) in [6.45, 7) is 16.2. The number of aryl methyl sites for hydroxylation is 1. The van der Waals surface area contributed by atoms with Gasteiger partial charge in [-0.2, -0.15) is 0 Å². The molecule has 0 spiro atoms. The summed E-state index contributed by atoms with van der Waals surface area (Å²) in [6.07, 6.45) is 14.7. The van der Waals surface area contributed by atoms with Crippen LogP contribution in [0.5, 0.6) is 17.2 Å². The van der Waals surface area contributed by atoms with E-state index in [1.807, 2.05) is 51.3 Å². The Morgan fingerprint density at radius 1 is 0.738 bits per heavy atom. The maximum Gasteiger partial charge on any atom is 0.411 e. The van der Waals surface area contributed by atoms with Gasteiger partial charge in [0.15, 0.2) is 11.5 Å². The van der Waals surface area contributed by atoms with Crippen LogP contribution in [0.1, 0.15) is 79.7 Å². The number of carbonyl (C=O) groups excluding carboxylic acids is 5. The number of esters is 1. The molecule has 2 heterocycles. The average molecular weight is 841 g/mol. The van der Waals surface area contributed by atoms with E-state index < -0.39 is 30.1 Å². The number of amides is 4. The Labute approximate surface area is 357 Å². The molecule has 0 aliphatic carbocycles. The minimum Gasteiger partial charge on any atom is -0.493 e. The van der Waals surface area contributed by atoms with Crippen molar-refractivity contribution in [2.75, 3.05) is 50.8 Å². The Hall–Kier alpha value is -6.77. The number of anilines is 2. The first-order valence-corrected chi connectivity index (χ1v) is 20.0. The van der Waals surface area contributed by atoms with Crippen LogP contribution in [0.2, 0.25) is 0 Å². The summed E-state index contributed by atoms with van der Waals surface area (Å²) in [4.78, 5) is 68.4. The van der Waals surface area contributed by atoms with Gasteiger partial charge in [0.05, 0.1) is 48.9 Å². The molecule has 4 amide bonds. The minimum atomic E-state index is -0.801. The zero-order valence-corrected chi connectivity index (χ0v) is 35.7. The van der Waals surface area contributed by atoms with Gasteiger partial charge in [-0.3, -0.25) is 25.0 Å². The fourth-order valence-corrected chi connectivity index (χ4v) is 6.71. The van der Waals surface area contributed by atoms with Crippen LogP contribution in [0, 0.1) is 6.92 Å². The van der Waals surface area contributed by atoms with Crippen LogP contribution in [0.25, 0.3) is 0 Å². The Bertz CT molecular complexity index is 2090. The van der Waals surface area contributed by atoms with Gasteiger partial charge in [0, 0.05) is 43.9 Å². The van der Waals surface area contributed by atoms with Crippen molar-refractivity contribution in [3.05, 3.63) is 114 Å². The highest BCUT2D eigenvalue weighted by Gasteiger charge is 2.33. The van der Waals surface area contributed by atoms with Crippen LogP contribution in [-0.2, 0) is 19.0 Å². The molecule has 0 saturated heterocycles. The van der Waals surface area contributed by atoms with Crippen molar-refractivity contribution >= 4 is 41.3 Å². The summed E-state index contributed by atoms with van der Waals surface area (Å²) in [5.74, 6) is -0.290. The third-order valence-electron chi connectivity index (χ3n) is 9.54. The van der Waals surface area contributed by atoms with Crippen LogP contribution >= 0.6 is 0 Å². The smallest absolute Gasteiger partial charge is 0.411 e. The molecular weight excluding hydrogens is 785 g/mol. The molecule has 0 fully saturated rings. The number of nitrogens with zero attached hydrogens (tertiary/aromatic N) is 2. The molecule has 2 aromatic carbocycles. The van der Waals surface area contributed by atoms with Crippen molar-refractivity contribution in [2.24, 2.45) is 0 Å². The maximum absolute atomic E-state index is 14.1. The summed E-state index contributed by atoms with van der Waals surface area (Å²) >= 11 is 0. The molecule has 4 rings (SSSR count). The first-order chi connectivity index (χ1) is 29.4. The second-order valence-corrected chi connectivity index (χ2v) is 14.0. The summed E-state index contributed by atoms with van der Waals surface area (Å²) in [5.41, 5.74) is 3.17. The lowest BCUT2D eigenvalue weighted by Crippen LogP contribution is -2.37. The van der Waals surface area contributed by atoms with Gasteiger partial charge in [0.1, 0.15) is 25.6 Å². The molecule has 15 heteroatoms. The number of carbonyl (C=O) groups is 5. The van der Waals surface area contributed by atoms with Gasteiger partial charge in [-0.05, 0) is 68.9 Å². The van der Waals surface area contributed by atoms with Gasteiger partial charge in [0.2, 0.25) is 0 Å². The quantitative estimate of drug-likeness (QED) is 0.0566. The molecule has 2 aliphatic heterocycles. The van der Waals surface area contributed by atoms with Crippen molar-refractivity contribution in [1.29, 1.82) is 0 Å². The largest absolute Gasteiger partial charge is 0.493 e. The first kappa shape index (κ1) is 46.9. The van der Waals surface area contributed by atoms with Crippen molar-refractivity contribution in [3.63, 3.8) is 0 Å². The topological polar surface area (TPSA) is 171 Å². The fraction of sp³-hybridized carbons (Fsp3) is 0.370. The monoisotopic (exact) mass is 840 g/mol. The van der Waals surface area contributed by atoms with Gasteiger partial charge in [-0.25, -0.2) is 9.59 Å². The van der Waals surface area contributed by atoms with Crippen LogP contribution < -0.4 is 24.8 Å². The van der Waals surface area contributed by atoms with Crippen molar-refractivity contribution < 1.29 is 52.4 Å². The fourth-order valence-electron chi connectivity index (χ4n) is 6.71. The first-order valence-electron chi connectivity index (χ1n) is 20.0.